The van der Waals surface area contributed by atoms with Crippen molar-refractivity contribution in [3.63, 3.8) is 0 Å². The molecule has 0 saturated heterocycles. The van der Waals surface area contributed by atoms with Crippen molar-refractivity contribution in [1.29, 1.82) is 0 Å². The van der Waals surface area contributed by atoms with Gasteiger partial charge in [-0.15, -0.1) is 10.2 Å². The van der Waals surface area contributed by atoms with Crippen molar-refractivity contribution in [2.24, 2.45) is 0 Å². The van der Waals surface area contributed by atoms with Crippen LogP contribution in [0.15, 0.2) is 47.6 Å². The molecule has 3 aromatic rings. The number of para-hydroxylation sites is 1. The third-order valence-electron chi connectivity index (χ3n) is 4.37. The van der Waals surface area contributed by atoms with E-state index >= 15 is 0 Å². The zero-order valence-corrected chi connectivity index (χ0v) is 18.6. The van der Waals surface area contributed by atoms with Crippen LogP contribution in [0.1, 0.15) is 18.3 Å². The molecule has 0 aliphatic heterocycles. The molecule has 3 rings (SSSR count). The van der Waals surface area contributed by atoms with E-state index in [1.807, 2.05) is 13.8 Å². The van der Waals surface area contributed by atoms with Crippen LogP contribution in [0.5, 0.6) is 0 Å². The molecule has 2 amide bonds. The largest absolute Gasteiger partial charge is 0.325 e. The van der Waals surface area contributed by atoms with E-state index in [9.17, 15) is 14.0 Å². The second kappa shape index (κ2) is 10.4. The summed E-state index contributed by atoms with van der Waals surface area (Å²) in [6, 6.07) is 11.2. The highest BCUT2D eigenvalue weighted by atomic mass is 35.5. The summed E-state index contributed by atoms with van der Waals surface area (Å²) in [7, 11) is 0. The van der Waals surface area contributed by atoms with Gasteiger partial charge in [0.05, 0.1) is 17.9 Å². The first-order chi connectivity index (χ1) is 14.9. The van der Waals surface area contributed by atoms with Gasteiger partial charge in [0.25, 0.3) is 0 Å². The Balaban J connectivity index is 1.59. The Bertz CT molecular complexity index is 1110. The zero-order valence-electron chi connectivity index (χ0n) is 17.0. The van der Waals surface area contributed by atoms with Crippen LogP contribution >= 0.6 is 23.4 Å². The number of nitrogens with one attached hydrogen (secondary N) is 2. The Morgan fingerprint density at radius 3 is 2.55 bits per heavy atom. The fourth-order valence-corrected chi connectivity index (χ4v) is 3.91. The SMILES string of the molecule is CCn1c(CC(=O)Nc2ccccc2F)nnc1SCC(=O)Nc1ccc(Cl)cc1C. The fraction of sp³-hybridized carbons (Fsp3) is 0.238. The number of aryl methyl sites for hydroxylation is 1. The van der Waals surface area contributed by atoms with E-state index in [1.54, 1.807) is 34.9 Å². The monoisotopic (exact) mass is 461 g/mol. The maximum atomic E-state index is 13.7. The number of aromatic nitrogens is 3. The minimum absolute atomic E-state index is 0.0636. The first kappa shape index (κ1) is 22.8. The standard InChI is InChI=1S/C21H21ClFN5O2S/c1-3-28-18(11-19(29)25-17-7-5-4-6-15(17)23)26-27-21(28)31-12-20(30)24-16-9-8-14(22)10-13(16)2/h4-10H,3,11-12H2,1-2H3,(H,24,30)(H,25,29). The highest BCUT2D eigenvalue weighted by molar-refractivity contribution is 7.99. The Morgan fingerprint density at radius 2 is 1.84 bits per heavy atom. The lowest BCUT2D eigenvalue weighted by atomic mass is 10.2. The summed E-state index contributed by atoms with van der Waals surface area (Å²) in [6.07, 6.45) is -0.0636. The van der Waals surface area contributed by atoms with E-state index < -0.39 is 11.7 Å². The number of nitrogens with zero attached hydrogens (tertiary/aromatic N) is 3. The first-order valence-corrected chi connectivity index (χ1v) is 10.9. The van der Waals surface area contributed by atoms with E-state index in [2.05, 4.69) is 20.8 Å². The highest BCUT2D eigenvalue weighted by Gasteiger charge is 2.17. The van der Waals surface area contributed by atoms with Gasteiger partial charge in [0.1, 0.15) is 11.6 Å². The Hall–Kier alpha value is -2.91. The summed E-state index contributed by atoms with van der Waals surface area (Å²) in [6.45, 7) is 4.28. The number of anilines is 2. The maximum Gasteiger partial charge on any atom is 0.234 e. The molecule has 31 heavy (non-hydrogen) atoms. The number of hydrogen-bond donors (Lipinski definition) is 2. The van der Waals surface area contributed by atoms with Crippen LogP contribution in [-0.4, -0.2) is 32.3 Å². The minimum atomic E-state index is -0.508. The lowest BCUT2D eigenvalue weighted by Gasteiger charge is -2.10. The second-order valence-corrected chi connectivity index (χ2v) is 8.02. The lowest BCUT2D eigenvalue weighted by molar-refractivity contribution is -0.116. The smallest absolute Gasteiger partial charge is 0.234 e. The van der Waals surface area contributed by atoms with Gasteiger partial charge in [0.15, 0.2) is 5.16 Å². The normalized spacial score (nSPS) is 10.7. The number of hydrogen-bond acceptors (Lipinski definition) is 5. The van der Waals surface area contributed by atoms with Gasteiger partial charge >= 0.3 is 0 Å². The molecule has 0 saturated carbocycles. The van der Waals surface area contributed by atoms with Crippen molar-refractivity contribution in [2.45, 2.75) is 32.0 Å². The minimum Gasteiger partial charge on any atom is -0.325 e. The predicted octanol–water partition coefficient (Wildman–Crippen LogP) is 4.31. The van der Waals surface area contributed by atoms with Crippen LogP contribution in [-0.2, 0) is 22.6 Å². The molecule has 1 heterocycles. The van der Waals surface area contributed by atoms with Crippen LogP contribution in [0.2, 0.25) is 5.02 Å². The molecule has 1 aromatic heterocycles. The van der Waals surface area contributed by atoms with Gasteiger partial charge in [0.2, 0.25) is 11.8 Å². The van der Waals surface area contributed by atoms with Crippen molar-refractivity contribution in [1.82, 2.24) is 14.8 Å². The Morgan fingerprint density at radius 1 is 1.10 bits per heavy atom. The van der Waals surface area contributed by atoms with Crippen LogP contribution in [0.4, 0.5) is 15.8 Å². The molecule has 0 atom stereocenters. The Labute approximate surface area is 188 Å². The number of benzene rings is 2. The van der Waals surface area contributed by atoms with E-state index in [1.165, 1.54) is 23.9 Å². The lowest BCUT2D eigenvalue weighted by Crippen LogP contribution is -2.18. The summed E-state index contributed by atoms with van der Waals surface area (Å²) in [4.78, 5) is 24.6. The van der Waals surface area contributed by atoms with E-state index in [0.29, 0.717) is 28.2 Å². The van der Waals surface area contributed by atoms with Gasteiger partial charge < -0.3 is 15.2 Å². The van der Waals surface area contributed by atoms with Crippen LogP contribution < -0.4 is 10.6 Å². The average molecular weight is 462 g/mol. The number of carbonyl (C=O) groups excluding carboxylic acids is 2. The molecule has 0 aliphatic carbocycles. The van der Waals surface area contributed by atoms with Gasteiger partial charge in [-0.3, -0.25) is 9.59 Å². The van der Waals surface area contributed by atoms with Crippen molar-refractivity contribution in [3.05, 3.63) is 64.7 Å². The van der Waals surface area contributed by atoms with Crippen LogP contribution in [0, 0.1) is 12.7 Å². The summed E-state index contributed by atoms with van der Waals surface area (Å²) < 4.78 is 15.5. The number of carbonyl (C=O) groups is 2. The Kier molecular flexibility index (Phi) is 7.64. The van der Waals surface area contributed by atoms with Crippen molar-refractivity contribution in [3.8, 4) is 0 Å². The zero-order chi connectivity index (χ0) is 22.4. The second-order valence-electron chi connectivity index (χ2n) is 6.64. The van der Waals surface area contributed by atoms with E-state index in [4.69, 9.17) is 11.6 Å². The summed E-state index contributed by atoms with van der Waals surface area (Å²) in [5.74, 6) is -0.542. The topological polar surface area (TPSA) is 88.9 Å². The molecule has 0 spiro atoms. The molecular weight excluding hydrogens is 441 g/mol. The van der Waals surface area contributed by atoms with Crippen LogP contribution in [0.25, 0.3) is 0 Å². The molecule has 0 radical (unpaired) electrons. The molecular formula is C21H21ClFN5O2S. The van der Waals surface area contributed by atoms with Gasteiger partial charge in [-0.2, -0.15) is 0 Å². The van der Waals surface area contributed by atoms with Crippen molar-refractivity contribution < 1.29 is 14.0 Å². The third kappa shape index (κ3) is 6.05. The fourth-order valence-electron chi connectivity index (χ4n) is 2.86. The van der Waals surface area contributed by atoms with E-state index in [0.717, 1.165) is 5.56 Å². The quantitative estimate of drug-likeness (QED) is 0.488. The summed E-state index contributed by atoms with van der Waals surface area (Å²) in [5, 5.41) is 14.7. The summed E-state index contributed by atoms with van der Waals surface area (Å²) in [5.41, 5.74) is 1.67. The molecule has 2 N–H and O–H groups in total. The molecule has 7 nitrogen and oxygen atoms in total. The number of rotatable bonds is 8. The third-order valence-corrected chi connectivity index (χ3v) is 5.57. The molecule has 0 bridgehead atoms. The number of halogens is 2. The van der Waals surface area contributed by atoms with Gasteiger partial charge in [0, 0.05) is 17.3 Å². The van der Waals surface area contributed by atoms with Gasteiger partial charge in [-0.1, -0.05) is 35.5 Å². The maximum absolute atomic E-state index is 13.7. The molecule has 162 valence electrons. The predicted molar refractivity (Wildman–Crippen MR) is 120 cm³/mol. The van der Waals surface area contributed by atoms with Gasteiger partial charge in [-0.05, 0) is 49.7 Å². The van der Waals surface area contributed by atoms with Gasteiger partial charge in [-0.25, -0.2) is 4.39 Å². The highest BCUT2D eigenvalue weighted by Crippen LogP contribution is 2.22. The summed E-state index contributed by atoms with van der Waals surface area (Å²) >= 11 is 7.16. The average Bonchev–Trinajstić information content (AvgIpc) is 3.11. The van der Waals surface area contributed by atoms with Crippen molar-refractivity contribution >= 4 is 46.6 Å². The number of amides is 2. The molecule has 0 unspecified atom stereocenters. The molecule has 10 heteroatoms. The molecule has 2 aromatic carbocycles. The number of thioether (sulfide) groups is 1. The van der Waals surface area contributed by atoms with Crippen LogP contribution in [0.3, 0.4) is 0 Å². The van der Waals surface area contributed by atoms with Crippen molar-refractivity contribution in [2.75, 3.05) is 16.4 Å². The molecule has 0 fully saturated rings. The molecule has 0 aliphatic rings. The first-order valence-electron chi connectivity index (χ1n) is 9.52. The van der Waals surface area contributed by atoms with E-state index in [-0.39, 0.29) is 23.8 Å².